The lowest BCUT2D eigenvalue weighted by Gasteiger charge is -2.16. The van der Waals surface area contributed by atoms with Gasteiger partial charge in [-0.15, -0.1) is 0 Å². The van der Waals surface area contributed by atoms with E-state index in [1.165, 1.54) is 19.3 Å². The maximum Gasteiger partial charge on any atom is 0.0883 e. The van der Waals surface area contributed by atoms with Crippen LogP contribution in [0.3, 0.4) is 0 Å². The first-order valence-electron chi connectivity index (χ1n) is 3.51. The Kier molecular flexibility index (Phi) is 1.14. The minimum atomic E-state index is -0.223. The molecule has 0 radical (unpaired) electrons. The molecule has 1 N–H and O–H groups in total. The van der Waals surface area contributed by atoms with E-state index in [1.54, 1.807) is 0 Å². The molecule has 0 aromatic carbocycles. The molecule has 2 bridgehead atoms. The number of fused-ring (bicyclic) bond motifs is 2. The largest absolute Gasteiger partial charge is 0.388 e. The van der Waals surface area contributed by atoms with Crippen LogP contribution < -0.4 is 0 Å². The molecule has 3 atom stereocenters. The highest BCUT2D eigenvalue weighted by Crippen LogP contribution is 2.42. The van der Waals surface area contributed by atoms with Crippen molar-refractivity contribution in [2.75, 3.05) is 0 Å². The van der Waals surface area contributed by atoms with Gasteiger partial charge in [0.05, 0.1) is 6.10 Å². The predicted molar refractivity (Wildman–Crippen MR) is 39.4 cm³/mol. The van der Waals surface area contributed by atoms with Gasteiger partial charge in [0.1, 0.15) is 0 Å². The normalized spacial score (nSPS) is 48.6. The van der Waals surface area contributed by atoms with Crippen LogP contribution in [0.25, 0.3) is 0 Å². The van der Waals surface area contributed by atoms with Crippen LogP contribution in [0.2, 0.25) is 0 Å². The zero-order valence-corrected chi connectivity index (χ0v) is 6.03. The Morgan fingerprint density at radius 3 is 2.56 bits per heavy atom. The van der Waals surface area contributed by atoms with Crippen LogP contribution in [0.4, 0.5) is 0 Å². The molecular weight excluding hydrogens is 132 g/mol. The Hall–Kier alpha value is 0.0500. The third kappa shape index (κ3) is 0.665. The second-order valence-corrected chi connectivity index (χ2v) is 3.59. The van der Waals surface area contributed by atoms with Gasteiger partial charge in [-0.05, 0) is 31.1 Å². The van der Waals surface area contributed by atoms with Crippen LogP contribution in [0.5, 0.6) is 0 Å². The second kappa shape index (κ2) is 1.77. The molecule has 2 rings (SSSR count). The van der Waals surface area contributed by atoms with E-state index in [0.29, 0.717) is 11.8 Å². The van der Waals surface area contributed by atoms with E-state index < -0.39 is 0 Å². The molecule has 50 valence electrons. The summed E-state index contributed by atoms with van der Waals surface area (Å²) in [6, 6.07) is 0. The number of thiocarbonyl (C=S) groups is 1. The van der Waals surface area contributed by atoms with E-state index in [0.717, 1.165) is 4.86 Å². The van der Waals surface area contributed by atoms with Crippen LogP contribution in [0.15, 0.2) is 0 Å². The molecule has 0 aliphatic heterocycles. The zero-order valence-electron chi connectivity index (χ0n) is 5.21. The van der Waals surface area contributed by atoms with E-state index in [2.05, 4.69) is 0 Å². The summed E-state index contributed by atoms with van der Waals surface area (Å²) >= 11 is 5.04. The Morgan fingerprint density at radius 2 is 2.22 bits per heavy atom. The highest BCUT2D eigenvalue weighted by molar-refractivity contribution is 7.80. The Morgan fingerprint density at radius 1 is 1.44 bits per heavy atom. The molecule has 0 heterocycles. The van der Waals surface area contributed by atoms with Crippen LogP contribution >= 0.6 is 12.2 Å². The van der Waals surface area contributed by atoms with Gasteiger partial charge in [-0.3, -0.25) is 0 Å². The van der Waals surface area contributed by atoms with Crippen LogP contribution in [-0.2, 0) is 0 Å². The predicted octanol–water partition coefficient (Wildman–Crippen LogP) is 1.15. The Balaban J connectivity index is 2.25. The van der Waals surface area contributed by atoms with Gasteiger partial charge in [0.2, 0.25) is 0 Å². The third-order valence-electron chi connectivity index (χ3n) is 2.61. The summed E-state index contributed by atoms with van der Waals surface area (Å²) in [7, 11) is 0. The second-order valence-electron chi connectivity index (χ2n) is 3.12. The maximum absolute atomic E-state index is 9.35. The summed E-state index contributed by atoms with van der Waals surface area (Å²) in [6.45, 7) is 0. The number of aliphatic hydroxyl groups excluding tert-OH is 1. The molecule has 0 aromatic heterocycles. The van der Waals surface area contributed by atoms with Crippen LogP contribution in [-0.4, -0.2) is 16.1 Å². The van der Waals surface area contributed by atoms with Gasteiger partial charge in [0, 0.05) is 4.86 Å². The van der Waals surface area contributed by atoms with Crippen molar-refractivity contribution in [3.05, 3.63) is 0 Å². The molecule has 0 spiro atoms. The van der Waals surface area contributed by atoms with Gasteiger partial charge in [-0.1, -0.05) is 12.2 Å². The SMILES string of the molecule is O[C@H]1C(=S)[C@H]2CC[C@H]1C2. The van der Waals surface area contributed by atoms with Crippen molar-refractivity contribution in [3.63, 3.8) is 0 Å². The van der Waals surface area contributed by atoms with Gasteiger partial charge < -0.3 is 5.11 Å². The molecular formula is C7H10OS. The fourth-order valence-corrected chi connectivity index (χ4v) is 2.44. The molecule has 2 heteroatoms. The highest BCUT2D eigenvalue weighted by Gasteiger charge is 2.42. The Labute approximate surface area is 60.1 Å². The quantitative estimate of drug-likeness (QED) is 0.512. The first-order valence-corrected chi connectivity index (χ1v) is 3.91. The van der Waals surface area contributed by atoms with Crippen molar-refractivity contribution < 1.29 is 5.11 Å². The minimum absolute atomic E-state index is 0.223. The molecule has 9 heavy (non-hydrogen) atoms. The third-order valence-corrected chi connectivity index (χ3v) is 3.19. The molecule has 0 unspecified atom stereocenters. The van der Waals surface area contributed by atoms with Crippen molar-refractivity contribution in [1.29, 1.82) is 0 Å². The Bertz CT molecular complexity index is 151. The van der Waals surface area contributed by atoms with Crippen molar-refractivity contribution in [2.45, 2.75) is 25.4 Å². The molecule has 2 aliphatic rings. The molecule has 1 nitrogen and oxygen atoms in total. The lowest BCUT2D eigenvalue weighted by Crippen LogP contribution is -2.25. The molecule has 2 aliphatic carbocycles. The van der Waals surface area contributed by atoms with E-state index in [-0.39, 0.29) is 6.10 Å². The van der Waals surface area contributed by atoms with Gasteiger partial charge >= 0.3 is 0 Å². The lowest BCUT2D eigenvalue weighted by atomic mass is 9.98. The summed E-state index contributed by atoms with van der Waals surface area (Å²) in [5.74, 6) is 1.13. The van der Waals surface area contributed by atoms with Gasteiger partial charge in [0.25, 0.3) is 0 Å². The first-order chi connectivity index (χ1) is 4.29. The number of aliphatic hydroxyl groups is 1. The molecule has 0 amide bonds. The summed E-state index contributed by atoms with van der Waals surface area (Å²) in [4.78, 5) is 0.936. The minimum Gasteiger partial charge on any atom is -0.388 e. The monoisotopic (exact) mass is 142 g/mol. The van der Waals surface area contributed by atoms with Crippen molar-refractivity contribution in [2.24, 2.45) is 11.8 Å². The van der Waals surface area contributed by atoms with E-state index in [1.807, 2.05) is 0 Å². The summed E-state index contributed by atoms with van der Waals surface area (Å²) in [5.41, 5.74) is 0. The molecule has 2 fully saturated rings. The fourth-order valence-electron chi connectivity index (χ4n) is 2.04. The zero-order chi connectivity index (χ0) is 6.43. The topological polar surface area (TPSA) is 20.2 Å². The smallest absolute Gasteiger partial charge is 0.0883 e. The fraction of sp³-hybridized carbons (Fsp3) is 0.857. The first kappa shape index (κ1) is 5.81. The molecule has 2 saturated carbocycles. The van der Waals surface area contributed by atoms with Crippen LogP contribution in [0.1, 0.15) is 19.3 Å². The maximum atomic E-state index is 9.35. The van der Waals surface area contributed by atoms with Crippen molar-refractivity contribution >= 4 is 17.1 Å². The number of rotatable bonds is 0. The average Bonchev–Trinajstić information content (AvgIpc) is 2.37. The summed E-state index contributed by atoms with van der Waals surface area (Å²) in [5, 5.41) is 9.35. The van der Waals surface area contributed by atoms with E-state index >= 15 is 0 Å². The highest BCUT2D eigenvalue weighted by atomic mass is 32.1. The standard InChI is InChI=1S/C7H10OS/c8-6-4-1-2-5(3-4)7(6)9/h4-6,8H,1-3H2/t4-,5-,6+/m0/s1. The number of hydrogen-bond donors (Lipinski definition) is 1. The van der Waals surface area contributed by atoms with Gasteiger partial charge in [-0.25, -0.2) is 0 Å². The van der Waals surface area contributed by atoms with E-state index in [9.17, 15) is 5.11 Å². The summed E-state index contributed by atoms with van der Waals surface area (Å²) < 4.78 is 0. The molecule has 0 aromatic rings. The van der Waals surface area contributed by atoms with E-state index in [4.69, 9.17) is 12.2 Å². The van der Waals surface area contributed by atoms with Crippen LogP contribution in [0, 0.1) is 11.8 Å². The van der Waals surface area contributed by atoms with Crippen molar-refractivity contribution in [3.8, 4) is 0 Å². The summed E-state index contributed by atoms with van der Waals surface area (Å²) in [6.07, 6.45) is 3.38. The van der Waals surface area contributed by atoms with Gasteiger partial charge in [-0.2, -0.15) is 0 Å². The number of hydrogen-bond acceptors (Lipinski definition) is 2. The molecule has 0 saturated heterocycles. The van der Waals surface area contributed by atoms with Crippen molar-refractivity contribution in [1.82, 2.24) is 0 Å². The average molecular weight is 142 g/mol. The van der Waals surface area contributed by atoms with Gasteiger partial charge in [0.15, 0.2) is 0 Å². The lowest BCUT2D eigenvalue weighted by molar-refractivity contribution is 0.183.